The summed E-state index contributed by atoms with van der Waals surface area (Å²) >= 11 is 5.62. The summed E-state index contributed by atoms with van der Waals surface area (Å²) in [6, 6.07) is 7.67. The van der Waals surface area contributed by atoms with E-state index in [9.17, 15) is 4.79 Å². The molecule has 0 aliphatic heterocycles. The third-order valence-electron chi connectivity index (χ3n) is 3.53. The van der Waals surface area contributed by atoms with Crippen LogP contribution in [-0.4, -0.2) is 30.1 Å². The molecule has 0 fully saturated rings. The van der Waals surface area contributed by atoms with Gasteiger partial charge in [-0.05, 0) is 35.9 Å². The summed E-state index contributed by atoms with van der Waals surface area (Å²) in [7, 11) is 1.75. The van der Waals surface area contributed by atoms with Crippen LogP contribution in [0.5, 0.6) is 5.75 Å². The van der Waals surface area contributed by atoms with Gasteiger partial charge in [0.05, 0.1) is 0 Å². The summed E-state index contributed by atoms with van der Waals surface area (Å²) in [6.45, 7) is 8.29. The lowest BCUT2D eigenvalue weighted by Gasteiger charge is -2.29. The maximum Gasteiger partial charge on any atom is 0.418 e. The minimum Gasteiger partial charge on any atom is -0.410 e. The molecule has 1 rings (SSSR count). The molecule has 0 spiro atoms. The van der Waals surface area contributed by atoms with E-state index in [2.05, 4.69) is 13.8 Å². The molecule has 112 valence electrons. The van der Waals surface area contributed by atoms with Crippen LogP contribution in [0.25, 0.3) is 0 Å². The number of hydrogen-bond acceptors (Lipinski definition) is 3. The van der Waals surface area contributed by atoms with Crippen molar-refractivity contribution in [3.8, 4) is 5.75 Å². The highest BCUT2D eigenvalue weighted by Gasteiger charge is 2.24. The van der Waals surface area contributed by atoms with Crippen molar-refractivity contribution in [2.24, 2.45) is 0 Å². The third-order valence-corrected chi connectivity index (χ3v) is 9.05. The zero-order chi connectivity index (χ0) is 15.3. The molecule has 0 aromatic heterocycles. The van der Waals surface area contributed by atoms with Crippen LogP contribution in [0.15, 0.2) is 24.3 Å². The predicted octanol–water partition coefficient (Wildman–Crippen LogP) is 4.67. The largest absolute Gasteiger partial charge is 0.418 e. The Morgan fingerprint density at radius 3 is 2.45 bits per heavy atom. The molecule has 1 aromatic rings. The van der Waals surface area contributed by atoms with Crippen LogP contribution in [0.4, 0.5) is 4.79 Å². The summed E-state index contributed by atoms with van der Waals surface area (Å²) in [5.74, 6) is 0.991. The maximum absolute atomic E-state index is 12.2. The zero-order valence-corrected chi connectivity index (χ0v) is 14.6. The summed E-state index contributed by atoms with van der Waals surface area (Å²) < 4.78 is 7.09. The topological polar surface area (TPSA) is 29.5 Å². The van der Waals surface area contributed by atoms with Gasteiger partial charge in [0.2, 0.25) is 0 Å². The fourth-order valence-corrected chi connectivity index (χ4v) is 3.73. The summed E-state index contributed by atoms with van der Waals surface area (Å²) in [4.78, 5) is 12.2. The molecular formula is C15H24NO2PS. The van der Waals surface area contributed by atoms with E-state index >= 15 is 0 Å². The maximum atomic E-state index is 12.2. The van der Waals surface area contributed by atoms with E-state index in [1.165, 1.54) is 0 Å². The SMILES string of the molecule is CCP(=S)(CC)N(C)C(=O)Oc1cccc(C(C)C)c1. The van der Waals surface area contributed by atoms with Gasteiger partial charge in [-0.3, -0.25) is 4.67 Å². The lowest BCUT2D eigenvalue weighted by molar-refractivity contribution is 0.186. The van der Waals surface area contributed by atoms with Crippen molar-refractivity contribution in [1.82, 2.24) is 4.67 Å². The van der Waals surface area contributed by atoms with Gasteiger partial charge < -0.3 is 4.74 Å². The van der Waals surface area contributed by atoms with E-state index in [1.54, 1.807) is 17.8 Å². The molecule has 0 saturated heterocycles. The van der Waals surface area contributed by atoms with Crippen molar-refractivity contribution in [2.75, 3.05) is 19.4 Å². The Hall–Kier alpha value is -0.860. The summed E-state index contributed by atoms with van der Waals surface area (Å²) in [5.41, 5.74) is 1.16. The minimum absolute atomic E-state index is 0.349. The van der Waals surface area contributed by atoms with Crippen molar-refractivity contribution >= 4 is 24.1 Å². The van der Waals surface area contributed by atoms with Crippen LogP contribution in [-0.2, 0) is 11.8 Å². The lowest BCUT2D eigenvalue weighted by atomic mass is 10.0. The molecule has 0 saturated carbocycles. The van der Waals surface area contributed by atoms with Crippen LogP contribution in [0.2, 0.25) is 0 Å². The second kappa shape index (κ2) is 7.24. The second-order valence-electron chi connectivity index (χ2n) is 5.10. The normalized spacial score (nSPS) is 11.5. The number of carbonyl (C=O) groups excluding carboxylic acids is 1. The number of rotatable bonds is 5. The van der Waals surface area contributed by atoms with Gasteiger partial charge in [-0.2, -0.15) is 0 Å². The average Bonchev–Trinajstić information content (AvgIpc) is 2.45. The number of hydrogen-bond donors (Lipinski definition) is 0. The van der Waals surface area contributed by atoms with Crippen molar-refractivity contribution in [1.29, 1.82) is 0 Å². The van der Waals surface area contributed by atoms with Crippen molar-refractivity contribution in [2.45, 2.75) is 33.6 Å². The Labute approximate surface area is 127 Å². The molecule has 20 heavy (non-hydrogen) atoms. The number of nitrogens with zero attached hydrogens (tertiary/aromatic N) is 1. The standard InChI is InChI=1S/C15H24NO2PS/c1-6-19(20,7-2)16(5)15(17)18-14-10-8-9-13(11-14)12(3)4/h8-12H,6-7H2,1-5H3. The summed E-state index contributed by atoms with van der Waals surface area (Å²) in [5, 5.41) is 0. The molecule has 0 atom stereocenters. The quantitative estimate of drug-likeness (QED) is 0.740. The van der Waals surface area contributed by atoms with Crippen molar-refractivity contribution in [3.63, 3.8) is 0 Å². The van der Waals surface area contributed by atoms with Gasteiger partial charge in [-0.1, -0.05) is 51.6 Å². The van der Waals surface area contributed by atoms with E-state index in [0.29, 0.717) is 11.7 Å². The van der Waals surface area contributed by atoms with Gasteiger partial charge in [-0.25, -0.2) is 4.79 Å². The molecule has 1 aromatic carbocycles. The van der Waals surface area contributed by atoms with E-state index < -0.39 is 6.19 Å². The van der Waals surface area contributed by atoms with E-state index in [-0.39, 0.29) is 6.09 Å². The Bertz CT molecular complexity index is 508. The van der Waals surface area contributed by atoms with E-state index in [1.807, 2.05) is 32.0 Å². The van der Waals surface area contributed by atoms with Gasteiger partial charge in [0.1, 0.15) is 5.75 Å². The van der Waals surface area contributed by atoms with Gasteiger partial charge in [0.25, 0.3) is 0 Å². The molecule has 0 N–H and O–H groups in total. The monoisotopic (exact) mass is 313 g/mol. The number of benzene rings is 1. The van der Waals surface area contributed by atoms with Gasteiger partial charge in [-0.15, -0.1) is 0 Å². The fourth-order valence-electron chi connectivity index (χ4n) is 1.90. The number of amides is 1. The molecule has 5 heteroatoms. The Balaban J connectivity index is 2.85. The number of carbonyl (C=O) groups is 1. The molecular weight excluding hydrogens is 289 g/mol. The molecule has 0 unspecified atom stereocenters. The fraction of sp³-hybridized carbons (Fsp3) is 0.533. The molecule has 0 heterocycles. The van der Waals surface area contributed by atoms with Crippen LogP contribution in [0, 0.1) is 0 Å². The molecule has 0 radical (unpaired) electrons. The molecule has 3 nitrogen and oxygen atoms in total. The average molecular weight is 313 g/mol. The molecule has 0 bridgehead atoms. The van der Waals surface area contributed by atoms with E-state index in [4.69, 9.17) is 16.5 Å². The Morgan fingerprint density at radius 2 is 1.95 bits per heavy atom. The first kappa shape index (κ1) is 17.2. The smallest absolute Gasteiger partial charge is 0.410 e. The molecule has 0 aliphatic carbocycles. The number of ether oxygens (including phenoxy) is 1. The summed E-state index contributed by atoms with van der Waals surface area (Å²) in [6.07, 6.45) is -0.494. The highest BCUT2D eigenvalue weighted by molar-refractivity contribution is 8.13. The third kappa shape index (κ3) is 4.07. The minimum atomic E-state index is -1.80. The van der Waals surface area contributed by atoms with Crippen molar-refractivity contribution in [3.05, 3.63) is 29.8 Å². The highest BCUT2D eigenvalue weighted by atomic mass is 32.4. The van der Waals surface area contributed by atoms with Crippen molar-refractivity contribution < 1.29 is 9.53 Å². The highest BCUT2D eigenvalue weighted by Crippen LogP contribution is 2.48. The first-order chi connectivity index (χ1) is 9.34. The van der Waals surface area contributed by atoms with Crippen LogP contribution < -0.4 is 4.74 Å². The molecule has 0 aliphatic rings. The second-order valence-corrected chi connectivity index (χ2v) is 10.7. The van der Waals surface area contributed by atoms with Gasteiger partial charge >= 0.3 is 6.09 Å². The van der Waals surface area contributed by atoms with Crippen LogP contribution in [0.3, 0.4) is 0 Å². The zero-order valence-electron chi connectivity index (χ0n) is 12.9. The predicted molar refractivity (Wildman–Crippen MR) is 89.7 cm³/mol. The first-order valence-electron chi connectivity index (χ1n) is 6.98. The lowest BCUT2D eigenvalue weighted by Crippen LogP contribution is -2.28. The first-order valence-corrected chi connectivity index (χ1v) is 10.1. The Kier molecular flexibility index (Phi) is 6.22. The molecule has 1 amide bonds. The van der Waals surface area contributed by atoms with E-state index in [0.717, 1.165) is 17.9 Å². The van der Waals surface area contributed by atoms with Crippen LogP contribution in [0.1, 0.15) is 39.2 Å². The van der Waals surface area contributed by atoms with Crippen LogP contribution >= 0.6 is 6.19 Å². The van der Waals surface area contributed by atoms with Gasteiger partial charge in [0, 0.05) is 13.2 Å². The van der Waals surface area contributed by atoms with Gasteiger partial charge in [0.15, 0.2) is 0 Å². The Morgan fingerprint density at radius 1 is 1.35 bits per heavy atom.